The molecule has 0 aromatic heterocycles. The summed E-state index contributed by atoms with van der Waals surface area (Å²) in [6, 6.07) is 7.68. The molecule has 4 nitrogen and oxygen atoms in total. The van der Waals surface area contributed by atoms with Gasteiger partial charge in [0.15, 0.2) is 5.79 Å². The Morgan fingerprint density at radius 1 is 1.06 bits per heavy atom. The lowest BCUT2D eigenvalue weighted by Gasteiger charge is -2.36. The maximum Gasteiger partial charge on any atom is 0.168 e. The van der Waals surface area contributed by atoms with Crippen molar-refractivity contribution in [3.05, 3.63) is 24.3 Å². The highest BCUT2D eigenvalue weighted by Gasteiger charge is 2.40. The lowest BCUT2D eigenvalue weighted by molar-refractivity contribution is -0.177. The Morgan fingerprint density at radius 3 is 2.28 bits per heavy atom. The lowest BCUT2D eigenvalue weighted by Crippen LogP contribution is -2.39. The summed E-state index contributed by atoms with van der Waals surface area (Å²) in [5.74, 6) is 0.0172. The maximum absolute atomic E-state index is 9.24. The summed E-state index contributed by atoms with van der Waals surface area (Å²) in [4.78, 5) is 0. The van der Waals surface area contributed by atoms with Crippen molar-refractivity contribution in [1.29, 1.82) is 0 Å². The van der Waals surface area contributed by atoms with Gasteiger partial charge in [0.1, 0.15) is 5.75 Å². The molecule has 1 aliphatic carbocycles. The van der Waals surface area contributed by atoms with Gasteiger partial charge in [0.25, 0.3) is 0 Å². The second-order valence-electron chi connectivity index (χ2n) is 5.07. The van der Waals surface area contributed by atoms with Gasteiger partial charge in [-0.3, -0.25) is 0 Å². The zero-order valence-electron chi connectivity index (χ0n) is 10.4. The Balaban J connectivity index is 1.55. The first-order chi connectivity index (χ1) is 8.76. The number of phenols is 1. The van der Waals surface area contributed by atoms with Crippen molar-refractivity contribution in [3.8, 4) is 5.75 Å². The Labute approximate surface area is 107 Å². The number of nitrogens with one attached hydrogen (secondary N) is 1. The van der Waals surface area contributed by atoms with Gasteiger partial charge in [0.05, 0.1) is 13.2 Å². The van der Waals surface area contributed by atoms with Crippen molar-refractivity contribution in [2.75, 3.05) is 18.5 Å². The van der Waals surface area contributed by atoms with Crippen LogP contribution in [-0.2, 0) is 9.47 Å². The van der Waals surface area contributed by atoms with Crippen molar-refractivity contribution in [3.63, 3.8) is 0 Å². The van der Waals surface area contributed by atoms with Crippen LogP contribution in [0.15, 0.2) is 24.3 Å². The van der Waals surface area contributed by atoms with Gasteiger partial charge in [0.2, 0.25) is 0 Å². The van der Waals surface area contributed by atoms with Crippen LogP contribution >= 0.6 is 0 Å². The van der Waals surface area contributed by atoms with Crippen LogP contribution in [0.5, 0.6) is 5.75 Å². The van der Waals surface area contributed by atoms with Crippen LogP contribution < -0.4 is 5.32 Å². The van der Waals surface area contributed by atoms with Gasteiger partial charge in [-0.05, 0) is 37.1 Å². The number of phenolic OH excluding ortho intramolecular Hbond substituents is 1. The lowest BCUT2D eigenvalue weighted by atomic mass is 9.90. The van der Waals surface area contributed by atoms with Crippen molar-refractivity contribution in [2.24, 2.45) is 0 Å². The molecule has 0 atom stereocenters. The van der Waals surface area contributed by atoms with Crippen LogP contribution in [0.25, 0.3) is 0 Å². The molecule has 1 aromatic carbocycles. The van der Waals surface area contributed by atoms with Crippen LogP contribution in [0.3, 0.4) is 0 Å². The Morgan fingerprint density at radius 2 is 1.67 bits per heavy atom. The molecule has 3 rings (SSSR count). The Bertz CT molecular complexity index is 388. The number of hydrogen-bond acceptors (Lipinski definition) is 4. The SMILES string of the molecule is Oc1ccc(NC2CCC3(CC2)OCCO3)cc1. The maximum atomic E-state index is 9.24. The fourth-order valence-corrected chi connectivity index (χ4v) is 2.78. The zero-order chi connectivity index (χ0) is 12.4. The van der Waals surface area contributed by atoms with E-state index in [2.05, 4.69) is 5.32 Å². The smallest absolute Gasteiger partial charge is 0.168 e. The van der Waals surface area contributed by atoms with E-state index in [0.717, 1.165) is 44.6 Å². The molecule has 0 bridgehead atoms. The molecule has 2 N–H and O–H groups in total. The van der Waals surface area contributed by atoms with E-state index in [1.54, 1.807) is 12.1 Å². The number of ether oxygens (including phenoxy) is 2. The molecule has 4 heteroatoms. The molecule has 1 saturated carbocycles. The highest BCUT2D eigenvalue weighted by Crippen LogP contribution is 2.36. The number of benzene rings is 1. The third kappa shape index (κ3) is 2.44. The summed E-state index contributed by atoms with van der Waals surface area (Å²) in [5, 5.41) is 12.7. The molecule has 1 saturated heterocycles. The van der Waals surface area contributed by atoms with E-state index in [-0.39, 0.29) is 5.79 Å². The van der Waals surface area contributed by atoms with E-state index in [9.17, 15) is 5.11 Å². The third-order valence-corrected chi connectivity index (χ3v) is 3.80. The molecule has 1 spiro atoms. The molecule has 1 aromatic rings. The third-order valence-electron chi connectivity index (χ3n) is 3.80. The van der Waals surface area contributed by atoms with Gasteiger partial charge >= 0.3 is 0 Å². The monoisotopic (exact) mass is 249 g/mol. The number of hydrogen-bond donors (Lipinski definition) is 2. The summed E-state index contributed by atoms with van der Waals surface area (Å²) in [5.41, 5.74) is 1.06. The average molecular weight is 249 g/mol. The summed E-state index contributed by atoms with van der Waals surface area (Å²) >= 11 is 0. The van der Waals surface area contributed by atoms with Crippen molar-refractivity contribution >= 4 is 5.69 Å². The predicted octanol–water partition coefficient (Wildman–Crippen LogP) is 2.49. The van der Waals surface area contributed by atoms with E-state index >= 15 is 0 Å². The van der Waals surface area contributed by atoms with Crippen molar-refractivity contribution < 1.29 is 14.6 Å². The molecular weight excluding hydrogens is 230 g/mol. The fourth-order valence-electron chi connectivity index (χ4n) is 2.78. The van der Waals surface area contributed by atoms with Crippen LogP contribution in [0.2, 0.25) is 0 Å². The first-order valence-electron chi connectivity index (χ1n) is 6.59. The van der Waals surface area contributed by atoms with Crippen LogP contribution in [0.1, 0.15) is 25.7 Å². The van der Waals surface area contributed by atoms with E-state index in [1.807, 2.05) is 12.1 Å². The van der Waals surface area contributed by atoms with Crippen molar-refractivity contribution in [2.45, 2.75) is 37.5 Å². The van der Waals surface area contributed by atoms with Crippen LogP contribution in [0.4, 0.5) is 5.69 Å². The normalized spacial score (nSPS) is 23.3. The molecule has 2 fully saturated rings. The van der Waals surface area contributed by atoms with E-state index in [4.69, 9.17) is 9.47 Å². The number of rotatable bonds is 2. The first-order valence-corrected chi connectivity index (χ1v) is 6.59. The van der Waals surface area contributed by atoms with Crippen molar-refractivity contribution in [1.82, 2.24) is 0 Å². The average Bonchev–Trinajstić information content (AvgIpc) is 2.84. The molecule has 1 aliphatic heterocycles. The minimum Gasteiger partial charge on any atom is -0.508 e. The quantitative estimate of drug-likeness (QED) is 0.791. The molecule has 98 valence electrons. The molecular formula is C14H19NO3. The predicted molar refractivity (Wildman–Crippen MR) is 68.6 cm³/mol. The highest BCUT2D eigenvalue weighted by molar-refractivity contribution is 5.46. The second-order valence-corrected chi connectivity index (χ2v) is 5.07. The Hall–Kier alpha value is -1.26. The minimum atomic E-state index is -0.285. The number of anilines is 1. The van der Waals surface area contributed by atoms with Gasteiger partial charge in [-0.1, -0.05) is 0 Å². The van der Waals surface area contributed by atoms with Gasteiger partial charge < -0.3 is 19.9 Å². The highest BCUT2D eigenvalue weighted by atomic mass is 16.7. The fraction of sp³-hybridized carbons (Fsp3) is 0.571. The Kier molecular flexibility index (Phi) is 3.14. The largest absolute Gasteiger partial charge is 0.508 e. The summed E-state index contributed by atoms with van der Waals surface area (Å²) in [6.07, 6.45) is 4.03. The molecule has 0 radical (unpaired) electrons. The van der Waals surface area contributed by atoms with Gasteiger partial charge in [-0.2, -0.15) is 0 Å². The summed E-state index contributed by atoms with van der Waals surface area (Å²) in [6.45, 7) is 1.46. The molecule has 0 amide bonds. The van der Waals surface area contributed by atoms with Gasteiger partial charge in [-0.25, -0.2) is 0 Å². The van der Waals surface area contributed by atoms with Gasteiger partial charge in [0, 0.05) is 24.6 Å². The topological polar surface area (TPSA) is 50.7 Å². The van der Waals surface area contributed by atoms with E-state index < -0.39 is 0 Å². The number of aromatic hydroxyl groups is 1. The standard InChI is InChI=1S/C14H19NO3/c16-13-3-1-11(2-4-13)15-12-5-7-14(8-6-12)17-9-10-18-14/h1-4,12,15-16H,5-10H2. The van der Waals surface area contributed by atoms with E-state index in [1.165, 1.54) is 0 Å². The van der Waals surface area contributed by atoms with Crippen LogP contribution in [0, 0.1) is 0 Å². The van der Waals surface area contributed by atoms with E-state index in [0.29, 0.717) is 11.8 Å². The zero-order valence-corrected chi connectivity index (χ0v) is 10.4. The van der Waals surface area contributed by atoms with Gasteiger partial charge in [-0.15, -0.1) is 0 Å². The molecule has 2 aliphatic rings. The molecule has 1 heterocycles. The molecule has 0 unspecified atom stereocenters. The summed E-state index contributed by atoms with van der Waals surface area (Å²) < 4.78 is 11.4. The molecule has 18 heavy (non-hydrogen) atoms. The minimum absolute atomic E-state index is 0.285. The first kappa shape index (κ1) is 11.8. The summed E-state index contributed by atoms with van der Waals surface area (Å²) in [7, 11) is 0. The second kappa shape index (κ2) is 4.78. The van der Waals surface area contributed by atoms with Crippen LogP contribution in [-0.4, -0.2) is 30.1 Å².